The molecular formula is C22H29N3O3. The van der Waals surface area contributed by atoms with Gasteiger partial charge in [0.15, 0.2) is 0 Å². The first-order valence-electron chi connectivity index (χ1n) is 9.35. The first-order chi connectivity index (χ1) is 13.1. The van der Waals surface area contributed by atoms with Crippen molar-refractivity contribution in [2.24, 2.45) is 0 Å². The van der Waals surface area contributed by atoms with Crippen LogP contribution in [0.3, 0.4) is 0 Å². The molecule has 2 amide bonds. The van der Waals surface area contributed by atoms with Crippen molar-refractivity contribution in [1.82, 2.24) is 5.32 Å². The molecule has 0 spiro atoms. The molecule has 2 rings (SSSR count). The van der Waals surface area contributed by atoms with E-state index in [0.29, 0.717) is 11.3 Å². The highest BCUT2D eigenvalue weighted by molar-refractivity contribution is 5.98. The summed E-state index contributed by atoms with van der Waals surface area (Å²) in [6, 6.07) is 14.3. The van der Waals surface area contributed by atoms with Gasteiger partial charge in [-0.3, -0.25) is 9.59 Å². The Morgan fingerprint density at radius 2 is 1.68 bits per heavy atom. The average molecular weight is 383 g/mol. The molecule has 0 fully saturated rings. The summed E-state index contributed by atoms with van der Waals surface area (Å²) in [4.78, 5) is 24.5. The van der Waals surface area contributed by atoms with E-state index in [1.54, 1.807) is 24.3 Å². The predicted octanol–water partition coefficient (Wildman–Crippen LogP) is 4.05. The van der Waals surface area contributed by atoms with Crippen molar-refractivity contribution < 1.29 is 14.3 Å². The molecule has 0 aromatic heterocycles. The highest BCUT2D eigenvalue weighted by Gasteiger charge is 2.15. The lowest BCUT2D eigenvalue weighted by molar-refractivity contribution is -0.114. The Hall–Kier alpha value is -3.02. The molecule has 2 aromatic rings. The largest absolute Gasteiger partial charge is 0.491 e. The standard InChI is InChI=1S/C22H29N3O3/c1-15(2)28-19-11-9-17(10-12-19)23-14-20(26)24-18-8-6-7-16(13-18)21(27)25-22(3,4)5/h6-13,15,23H,14H2,1-5H3,(H,24,26)(H,25,27). The van der Waals surface area contributed by atoms with Crippen molar-refractivity contribution in [3.63, 3.8) is 0 Å². The molecule has 3 N–H and O–H groups in total. The molecule has 0 atom stereocenters. The van der Waals surface area contributed by atoms with Crippen molar-refractivity contribution in [2.75, 3.05) is 17.2 Å². The van der Waals surface area contributed by atoms with E-state index in [1.807, 2.05) is 58.9 Å². The minimum Gasteiger partial charge on any atom is -0.491 e. The smallest absolute Gasteiger partial charge is 0.251 e. The third-order valence-electron chi connectivity index (χ3n) is 3.58. The van der Waals surface area contributed by atoms with Crippen LogP contribution < -0.4 is 20.7 Å². The summed E-state index contributed by atoms with van der Waals surface area (Å²) in [6.45, 7) is 9.82. The maximum atomic E-state index is 12.3. The van der Waals surface area contributed by atoms with Crippen molar-refractivity contribution in [1.29, 1.82) is 0 Å². The van der Waals surface area contributed by atoms with E-state index < -0.39 is 0 Å². The van der Waals surface area contributed by atoms with Gasteiger partial charge in [-0.15, -0.1) is 0 Å². The van der Waals surface area contributed by atoms with Crippen molar-refractivity contribution in [2.45, 2.75) is 46.3 Å². The quantitative estimate of drug-likeness (QED) is 0.674. The normalized spacial score (nSPS) is 11.1. The fourth-order valence-corrected chi connectivity index (χ4v) is 2.46. The van der Waals surface area contributed by atoms with E-state index in [-0.39, 0.29) is 30.0 Å². The molecule has 0 heterocycles. The van der Waals surface area contributed by atoms with Crippen LogP contribution >= 0.6 is 0 Å². The molecule has 6 nitrogen and oxygen atoms in total. The molecule has 0 aliphatic carbocycles. The third kappa shape index (κ3) is 7.31. The Bertz CT molecular complexity index is 809. The predicted molar refractivity (Wildman–Crippen MR) is 113 cm³/mol. The van der Waals surface area contributed by atoms with E-state index in [9.17, 15) is 9.59 Å². The molecule has 150 valence electrons. The van der Waals surface area contributed by atoms with Gasteiger partial charge < -0.3 is 20.7 Å². The number of hydrogen-bond donors (Lipinski definition) is 3. The number of carbonyl (C=O) groups is 2. The second-order valence-electron chi connectivity index (χ2n) is 7.88. The van der Waals surface area contributed by atoms with Crippen LogP contribution in [0, 0.1) is 0 Å². The van der Waals surface area contributed by atoms with E-state index in [0.717, 1.165) is 11.4 Å². The first-order valence-corrected chi connectivity index (χ1v) is 9.35. The number of ether oxygens (including phenoxy) is 1. The van der Waals surface area contributed by atoms with Gasteiger partial charge in [0, 0.05) is 22.5 Å². The molecule has 0 radical (unpaired) electrons. The fourth-order valence-electron chi connectivity index (χ4n) is 2.46. The van der Waals surface area contributed by atoms with Crippen LogP contribution in [0.2, 0.25) is 0 Å². The lowest BCUT2D eigenvalue weighted by Gasteiger charge is -2.20. The van der Waals surface area contributed by atoms with Gasteiger partial charge in [-0.25, -0.2) is 0 Å². The van der Waals surface area contributed by atoms with Crippen molar-refractivity contribution >= 4 is 23.2 Å². The van der Waals surface area contributed by atoms with Crippen LogP contribution in [-0.4, -0.2) is 30.0 Å². The SMILES string of the molecule is CC(C)Oc1ccc(NCC(=O)Nc2cccc(C(=O)NC(C)(C)C)c2)cc1. The average Bonchev–Trinajstić information content (AvgIpc) is 2.59. The first kappa shape index (κ1) is 21.3. The molecule has 0 bridgehead atoms. The van der Waals surface area contributed by atoms with Crippen molar-refractivity contribution in [3.8, 4) is 5.75 Å². The molecule has 0 saturated heterocycles. The number of carbonyl (C=O) groups excluding carboxylic acids is 2. The number of nitrogens with one attached hydrogen (secondary N) is 3. The molecule has 2 aromatic carbocycles. The van der Waals surface area contributed by atoms with Crippen LogP contribution in [0.4, 0.5) is 11.4 Å². The van der Waals surface area contributed by atoms with E-state index >= 15 is 0 Å². The van der Waals surface area contributed by atoms with Gasteiger partial charge in [-0.05, 0) is 77.1 Å². The van der Waals surface area contributed by atoms with Gasteiger partial charge in [0.1, 0.15) is 5.75 Å². The van der Waals surface area contributed by atoms with Gasteiger partial charge in [0.25, 0.3) is 5.91 Å². The van der Waals surface area contributed by atoms with Gasteiger partial charge >= 0.3 is 0 Å². The third-order valence-corrected chi connectivity index (χ3v) is 3.58. The monoisotopic (exact) mass is 383 g/mol. The van der Waals surface area contributed by atoms with Crippen LogP contribution in [0.25, 0.3) is 0 Å². The number of anilines is 2. The zero-order valence-corrected chi connectivity index (χ0v) is 17.1. The Balaban J connectivity index is 1.89. The highest BCUT2D eigenvalue weighted by atomic mass is 16.5. The second kappa shape index (κ2) is 9.26. The molecule has 6 heteroatoms. The van der Waals surface area contributed by atoms with Crippen LogP contribution in [0.1, 0.15) is 45.0 Å². The highest BCUT2D eigenvalue weighted by Crippen LogP contribution is 2.17. The fraction of sp³-hybridized carbons (Fsp3) is 0.364. The van der Waals surface area contributed by atoms with E-state index in [2.05, 4.69) is 16.0 Å². The van der Waals surface area contributed by atoms with Gasteiger partial charge in [0.05, 0.1) is 12.6 Å². The Morgan fingerprint density at radius 1 is 1.00 bits per heavy atom. The Morgan fingerprint density at radius 3 is 2.29 bits per heavy atom. The van der Waals surface area contributed by atoms with Crippen LogP contribution in [-0.2, 0) is 4.79 Å². The minimum atomic E-state index is -0.323. The Kier molecular flexibility index (Phi) is 7.04. The molecule has 0 aliphatic heterocycles. The van der Waals surface area contributed by atoms with Crippen LogP contribution in [0.15, 0.2) is 48.5 Å². The zero-order valence-electron chi connectivity index (χ0n) is 17.1. The molecule has 0 saturated carbocycles. The number of benzene rings is 2. The summed E-state index contributed by atoms with van der Waals surface area (Å²) in [5, 5.41) is 8.77. The lowest BCUT2D eigenvalue weighted by atomic mass is 10.1. The summed E-state index contributed by atoms with van der Waals surface area (Å²) in [7, 11) is 0. The molecular weight excluding hydrogens is 354 g/mol. The number of rotatable bonds is 7. The van der Waals surface area contributed by atoms with Gasteiger partial charge in [-0.2, -0.15) is 0 Å². The topological polar surface area (TPSA) is 79.5 Å². The van der Waals surface area contributed by atoms with E-state index in [4.69, 9.17) is 4.74 Å². The summed E-state index contributed by atoms with van der Waals surface area (Å²) < 4.78 is 5.59. The van der Waals surface area contributed by atoms with Crippen LogP contribution in [0.5, 0.6) is 5.75 Å². The number of hydrogen-bond acceptors (Lipinski definition) is 4. The van der Waals surface area contributed by atoms with Crippen molar-refractivity contribution in [3.05, 3.63) is 54.1 Å². The number of amides is 2. The minimum absolute atomic E-state index is 0.114. The summed E-state index contributed by atoms with van der Waals surface area (Å²) >= 11 is 0. The zero-order chi connectivity index (χ0) is 20.7. The molecule has 28 heavy (non-hydrogen) atoms. The van der Waals surface area contributed by atoms with Gasteiger partial charge in [-0.1, -0.05) is 6.07 Å². The van der Waals surface area contributed by atoms with E-state index in [1.165, 1.54) is 0 Å². The van der Waals surface area contributed by atoms with Gasteiger partial charge in [0.2, 0.25) is 5.91 Å². The maximum absolute atomic E-state index is 12.3. The Labute approximate surface area is 166 Å². The summed E-state index contributed by atoms with van der Waals surface area (Å²) in [6.07, 6.45) is 0.117. The summed E-state index contributed by atoms with van der Waals surface area (Å²) in [5.41, 5.74) is 1.58. The lowest BCUT2D eigenvalue weighted by Crippen LogP contribution is -2.40. The molecule has 0 aliphatic rings. The second-order valence-corrected chi connectivity index (χ2v) is 7.88. The summed E-state index contributed by atoms with van der Waals surface area (Å²) in [5.74, 6) is 0.414. The molecule has 0 unspecified atom stereocenters. The maximum Gasteiger partial charge on any atom is 0.251 e.